The van der Waals surface area contributed by atoms with Gasteiger partial charge in [0.2, 0.25) is 5.76 Å². The van der Waals surface area contributed by atoms with E-state index in [1.807, 2.05) is 11.6 Å². The number of sulfonamides is 1. The second-order valence-corrected chi connectivity index (χ2v) is 11.1. The van der Waals surface area contributed by atoms with Gasteiger partial charge in [-0.3, -0.25) is 4.79 Å². The summed E-state index contributed by atoms with van der Waals surface area (Å²) >= 11 is 6.28. The Morgan fingerprint density at radius 3 is 2.43 bits per heavy atom. The van der Waals surface area contributed by atoms with Crippen molar-refractivity contribution in [2.24, 2.45) is 0 Å². The number of hydrogen-bond donors (Lipinski definition) is 1. The third-order valence-electron chi connectivity index (χ3n) is 4.88. The zero-order chi connectivity index (χ0) is 25.4. The van der Waals surface area contributed by atoms with Gasteiger partial charge in [-0.25, -0.2) is 22.1 Å². The molecule has 4 rings (SSSR count). The van der Waals surface area contributed by atoms with E-state index in [1.165, 1.54) is 62.0 Å². The molecule has 0 unspecified atom stereocenters. The lowest BCUT2D eigenvalue weighted by atomic mass is 10.2. The van der Waals surface area contributed by atoms with Gasteiger partial charge in [-0.2, -0.15) is 8.42 Å². The van der Waals surface area contributed by atoms with Crippen LogP contribution in [-0.2, 0) is 20.0 Å². The molecular weight excluding hydrogens is 518 g/mol. The van der Waals surface area contributed by atoms with Crippen LogP contribution in [0, 0.1) is 6.92 Å². The molecule has 182 valence electrons. The van der Waals surface area contributed by atoms with Crippen molar-refractivity contribution < 1.29 is 30.8 Å². The summed E-state index contributed by atoms with van der Waals surface area (Å²) in [5.41, 5.74) is 0.805. The Morgan fingerprint density at radius 1 is 1.09 bits per heavy atom. The fourth-order valence-corrected chi connectivity index (χ4v) is 5.72. The van der Waals surface area contributed by atoms with Crippen molar-refractivity contribution in [2.45, 2.75) is 16.8 Å². The minimum atomic E-state index is -4.31. The number of rotatable bonds is 7. The molecule has 35 heavy (non-hydrogen) atoms. The van der Waals surface area contributed by atoms with Crippen LogP contribution in [0.4, 0.5) is 0 Å². The highest BCUT2D eigenvalue weighted by atomic mass is 35.5. The number of benzene rings is 1. The number of amides is 1. The van der Waals surface area contributed by atoms with Gasteiger partial charge in [0.15, 0.2) is 16.5 Å². The standard InChI is InChI=1S/C22H18ClN3O7S2/c1-14-6-8-15(9-7-14)35(30,31)26-12-10-16(23)20(26)17-13-18(32-2)21(33-17)22(27)25-34(28,29)19-5-3-4-11-24-19/h3-13H,1-2H3,(H,25,27). The highest BCUT2D eigenvalue weighted by molar-refractivity contribution is 7.90. The Bertz CT molecular complexity index is 1610. The molecule has 0 saturated heterocycles. The fourth-order valence-electron chi connectivity index (χ4n) is 3.17. The molecule has 0 aliphatic rings. The summed E-state index contributed by atoms with van der Waals surface area (Å²) in [4.78, 5) is 16.5. The Hall–Kier alpha value is -3.61. The summed E-state index contributed by atoms with van der Waals surface area (Å²) < 4.78 is 65.0. The van der Waals surface area contributed by atoms with Gasteiger partial charge in [0.1, 0.15) is 5.69 Å². The summed E-state index contributed by atoms with van der Waals surface area (Å²) in [6.45, 7) is 1.82. The molecule has 0 aliphatic carbocycles. The lowest BCUT2D eigenvalue weighted by Crippen LogP contribution is -2.31. The van der Waals surface area contributed by atoms with Crippen LogP contribution in [0.5, 0.6) is 5.75 Å². The average molecular weight is 536 g/mol. The molecule has 1 amide bonds. The Morgan fingerprint density at radius 2 is 1.80 bits per heavy atom. The van der Waals surface area contributed by atoms with Gasteiger partial charge in [0.05, 0.1) is 17.0 Å². The molecule has 10 nitrogen and oxygen atoms in total. The summed E-state index contributed by atoms with van der Waals surface area (Å²) in [5, 5.41) is -0.356. The zero-order valence-corrected chi connectivity index (χ0v) is 20.7. The summed E-state index contributed by atoms with van der Waals surface area (Å²) in [6.07, 6.45) is 2.50. The number of ether oxygens (including phenoxy) is 1. The van der Waals surface area contributed by atoms with Crippen molar-refractivity contribution in [3.05, 3.63) is 83.3 Å². The van der Waals surface area contributed by atoms with E-state index in [4.69, 9.17) is 20.8 Å². The summed E-state index contributed by atoms with van der Waals surface area (Å²) in [6, 6.07) is 13.0. The molecule has 4 aromatic rings. The maximum absolute atomic E-state index is 13.3. The van der Waals surface area contributed by atoms with Crippen molar-refractivity contribution in [2.75, 3.05) is 7.11 Å². The Balaban J connectivity index is 1.75. The topological polar surface area (TPSA) is 138 Å². The minimum absolute atomic E-state index is 0.00885. The maximum atomic E-state index is 13.3. The van der Waals surface area contributed by atoms with E-state index in [0.717, 1.165) is 9.54 Å². The normalized spacial score (nSPS) is 11.9. The van der Waals surface area contributed by atoms with Gasteiger partial charge < -0.3 is 9.15 Å². The third-order valence-corrected chi connectivity index (χ3v) is 8.12. The minimum Gasteiger partial charge on any atom is -0.492 e. The SMILES string of the molecule is COc1cc(-c2c(Cl)ccn2S(=O)(=O)c2ccc(C)cc2)oc1C(=O)NS(=O)(=O)c1ccccn1. The monoisotopic (exact) mass is 535 g/mol. The fraction of sp³-hybridized carbons (Fsp3) is 0.0909. The number of methoxy groups -OCH3 is 1. The molecular formula is C22H18ClN3O7S2. The van der Waals surface area contributed by atoms with Gasteiger partial charge >= 0.3 is 5.91 Å². The first-order valence-electron chi connectivity index (χ1n) is 9.90. The highest BCUT2D eigenvalue weighted by Gasteiger charge is 2.30. The van der Waals surface area contributed by atoms with E-state index in [-0.39, 0.29) is 32.1 Å². The van der Waals surface area contributed by atoms with E-state index in [1.54, 1.807) is 12.1 Å². The Labute approximate surface area is 206 Å². The zero-order valence-electron chi connectivity index (χ0n) is 18.3. The number of hydrogen-bond acceptors (Lipinski definition) is 8. The van der Waals surface area contributed by atoms with Crippen LogP contribution in [0.25, 0.3) is 11.5 Å². The van der Waals surface area contributed by atoms with Crippen molar-refractivity contribution in [1.82, 2.24) is 13.7 Å². The molecule has 13 heteroatoms. The number of nitrogens with one attached hydrogen (secondary N) is 1. The molecule has 1 N–H and O–H groups in total. The van der Waals surface area contributed by atoms with Crippen LogP contribution in [0.15, 0.2) is 81.3 Å². The van der Waals surface area contributed by atoms with E-state index >= 15 is 0 Å². The second-order valence-electron chi connectivity index (χ2n) is 7.24. The molecule has 1 aromatic carbocycles. The van der Waals surface area contributed by atoms with Gasteiger partial charge in [-0.15, -0.1) is 0 Å². The van der Waals surface area contributed by atoms with Gasteiger partial charge in [-0.1, -0.05) is 35.4 Å². The largest absolute Gasteiger partial charge is 0.492 e. The number of aromatic nitrogens is 2. The molecule has 0 bridgehead atoms. The first-order chi connectivity index (χ1) is 16.5. The van der Waals surface area contributed by atoms with Crippen molar-refractivity contribution >= 4 is 37.6 Å². The average Bonchev–Trinajstić information content (AvgIpc) is 3.43. The third kappa shape index (κ3) is 4.67. The molecule has 0 saturated carbocycles. The van der Waals surface area contributed by atoms with Crippen molar-refractivity contribution in [1.29, 1.82) is 0 Å². The van der Waals surface area contributed by atoms with Crippen molar-refractivity contribution in [3.8, 4) is 17.2 Å². The van der Waals surface area contributed by atoms with Crippen LogP contribution >= 0.6 is 11.6 Å². The molecule has 0 fully saturated rings. The second kappa shape index (κ2) is 9.21. The number of pyridine rings is 1. The number of aryl methyl sites for hydroxylation is 1. The van der Waals surface area contributed by atoms with Crippen LogP contribution in [0.3, 0.4) is 0 Å². The lowest BCUT2D eigenvalue weighted by Gasteiger charge is -2.10. The molecule has 3 heterocycles. The number of carbonyl (C=O) groups excluding carboxylic acids is 1. The Kier molecular flexibility index (Phi) is 6.45. The lowest BCUT2D eigenvalue weighted by molar-refractivity contribution is 0.0951. The molecule has 3 aromatic heterocycles. The smallest absolute Gasteiger partial charge is 0.304 e. The van der Waals surface area contributed by atoms with Crippen LogP contribution in [0.2, 0.25) is 5.02 Å². The van der Waals surface area contributed by atoms with E-state index in [2.05, 4.69) is 4.98 Å². The summed E-state index contributed by atoms with van der Waals surface area (Å²) in [5.74, 6) is -1.91. The van der Waals surface area contributed by atoms with E-state index in [0.29, 0.717) is 0 Å². The van der Waals surface area contributed by atoms with Gasteiger partial charge in [0, 0.05) is 18.5 Å². The van der Waals surface area contributed by atoms with E-state index < -0.39 is 31.7 Å². The number of halogens is 1. The number of furan rings is 1. The first kappa shape index (κ1) is 24.5. The van der Waals surface area contributed by atoms with E-state index in [9.17, 15) is 21.6 Å². The number of nitrogens with zero attached hydrogens (tertiary/aromatic N) is 2. The van der Waals surface area contributed by atoms with Crippen LogP contribution < -0.4 is 9.46 Å². The quantitative estimate of drug-likeness (QED) is 0.379. The van der Waals surface area contributed by atoms with Crippen LogP contribution in [-0.4, -0.2) is 38.8 Å². The molecule has 0 radical (unpaired) electrons. The molecule has 0 aliphatic heterocycles. The van der Waals surface area contributed by atoms with Gasteiger partial charge in [0.25, 0.3) is 20.0 Å². The first-order valence-corrected chi connectivity index (χ1v) is 13.2. The highest BCUT2D eigenvalue weighted by Crippen LogP contribution is 2.37. The predicted molar refractivity (Wildman–Crippen MR) is 126 cm³/mol. The van der Waals surface area contributed by atoms with Gasteiger partial charge in [-0.05, 0) is 37.3 Å². The number of carbonyl (C=O) groups is 1. The molecule has 0 spiro atoms. The van der Waals surface area contributed by atoms with Crippen molar-refractivity contribution in [3.63, 3.8) is 0 Å². The van der Waals surface area contributed by atoms with Crippen LogP contribution in [0.1, 0.15) is 16.1 Å². The predicted octanol–water partition coefficient (Wildman–Crippen LogP) is 3.47. The maximum Gasteiger partial charge on any atom is 0.304 e. The molecule has 0 atom stereocenters. The summed E-state index contributed by atoms with van der Waals surface area (Å²) in [7, 11) is -7.15.